The zero-order chi connectivity index (χ0) is 22.9. The lowest BCUT2D eigenvalue weighted by atomic mass is 10.1. The molecular formula is C24H36FN7. The maximum atomic E-state index is 14.1. The summed E-state index contributed by atoms with van der Waals surface area (Å²) in [6.45, 7) is 8.89. The number of aromatic nitrogens is 2. The average Bonchev–Trinajstić information content (AvgIpc) is 3.42. The molecule has 0 saturated heterocycles. The van der Waals surface area contributed by atoms with Crippen molar-refractivity contribution < 1.29 is 4.39 Å². The van der Waals surface area contributed by atoms with Crippen LogP contribution in [0.4, 0.5) is 10.1 Å². The normalized spacial score (nSPS) is 15.6. The van der Waals surface area contributed by atoms with E-state index < -0.39 is 0 Å². The van der Waals surface area contributed by atoms with Gasteiger partial charge in [0, 0.05) is 24.3 Å². The van der Waals surface area contributed by atoms with Crippen LogP contribution in [0.5, 0.6) is 0 Å². The number of para-hydroxylation sites is 1. The van der Waals surface area contributed by atoms with Crippen molar-refractivity contribution >= 4 is 11.5 Å². The van der Waals surface area contributed by atoms with Crippen molar-refractivity contribution in [2.45, 2.75) is 70.9 Å². The number of nitrogens with two attached hydrogens (primary N) is 1. The molecule has 32 heavy (non-hydrogen) atoms. The van der Waals surface area contributed by atoms with Gasteiger partial charge in [-0.05, 0) is 44.7 Å². The van der Waals surface area contributed by atoms with Crippen molar-refractivity contribution in [3.8, 4) is 0 Å². The van der Waals surface area contributed by atoms with Gasteiger partial charge in [-0.15, -0.1) is 0 Å². The van der Waals surface area contributed by atoms with E-state index in [1.165, 1.54) is 18.9 Å². The summed E-state index contributed by atoms with van der Waals surface area (Å²) in [7, 11) is 0. The van der Waals surface area contributed by atoms with E-state index in [1.807, 2.05) is 13.3 Å². The lowest BCUT2D eigenvalue weighted by molar-refractivity contribution is 0.508. The number of rotatable bonds is 11. The average molecular weight is 442 g/mol. The molecule has 0 spiro atoms. The van der Waals surface area contributed by atoms with Gasteiger partial charge in [-0.2, -0.15) is 0 Å². The van der Waals surface area contributed by atoms with E-state index >= 15 is 0 Å². The minimum absolute atomic E-state index is 0.161. The minimum Gasteiger partial charge on any atom is -0.370 e. The lowest BCUT2D eigenvalue weighted by Crippen LogP contribution is -2.33. The molecule has 1 fully saturated rings. The van der Waals surface area contributed by atoms with Crippen molar-refractivity contribution in [1.82, 2.24) is 20.3 Å². The quantitative estimate of drug-likeness (QED) is 0.236. The van der Waals surface area contributed by atoms with Crippen LogP contribution in [0.15, 0.2) is 48.0 Å². The van der Waals surface area contributed by atoms with Crippen molar-refractivity contribution in [2.75, 3.05) is 12.0 Å². The van der Waals surface area contributed by atoms with Crippen LogP contribution in [0, 0.1) is 12.7 Å². The SMILES string of the molecule is C=C(/N=C(/NNc1ccccc1F)c1ncn(C2CCCC2)c1C)NCCC(N)CCC. The van der Waals surface area contributed by atoms with Gasteiger partial charge in [0.15, 0.2) is 5.84 Å². The number of aliphatic imine (C=N–C) groups is 1. The van der Waals surface area contributed by atoms with Crippen LogP contribution < -0.4 is 21.9 Å². The molecule has 8 heteroatoms. The van der Waals surface area contributed by atoms with Crippen LogP contribution in [0.3, 0.4) is 0 Å². The molecule has 174 valence electrons. The molecule has 0 amide bonds. The van der Waals surface area contributed by atoms with Gasteiger partial charge < -0.3 is 15.6 Å². The Balaban J connectivity index is 1.75. The number of amidine groups is 1. The number of hydrazine groups is 1. The molecule has 1 aromatic carbocycles. The summed E-state index contributed by atoms with van der Waals surface area (Å²) in [6.07, 6.45) is 9.59. The molecule has 1 aromatic heterocycles. The summed E-state index contributed by atoms with van der Waals surface area (Å²) in [5.41, 5.74) is 14.1. The number of hydrogen-bond acceptors (Lipinski definition) is 5. The van der Waals surface area contributed by atoms with Gasteiger partial charge in [0.2, 0.25) is 0 Å². The summed E-state index contributed by atoms with van der Waals surface area (Å²) in [4.78, 5) is 9.26. The third-order valence-corrected chi connectivity index (χ3v) is 5.92. The third-order valence-electron chi connectivity index (χ3n) is 5.92. The Morgan fingerprint density at radius 1 is 1.31 bits per heavy atom. The molecule has 3 rings (SSSR count). The number of hydrogen-bond donors (Lipinski definition) is 4. The van der Waals surface area contributed by atoms with Crippen LogP contribution in [0.2, 0.25) is 0 Å². The molecule has 0 radical (unpaired) electrons. The largest absolute Gasteiger partial charge is 0.370 e. The van der Waals surface area contributed by atoms with Gasteiger partial charge in [-0.25, -0.2) is 14.4 Å². The summed E-state index contributed by atoms with van der Waals surface area (Å²) >= 11 is 0. The van der Waals surface area contributed by atoms with Gasteiger partial charge in [0.25, 0.3) is 0 Å². The second kappa shape index (κ2) is 11.7. The van der Waals surface area contributed by atoms with Crippen LogP contribution in [-0.4, -0.2) is 28.0 Å². The highest BCUT2D eigenvalue weighted by molar-refractivity contribution is 5.99. The monoisotopic (exact) mass is 441 g/mol. The molecule has 1 aliphatic carbocycles. The Kier molecular flexibility index (Phi) is 8.67. The molecule has 0 aliphatic heterocycles. The second-order valence-corrected chi connectivity index (χ2v) is 8.43. The Morgan fingerprint density at radius 2 is 2.06 bits per heavy atom. The minimum atomic E-state index is -0.352. The first-order valence-corrected chi connectivity index (χ1v) is 11.6. The van der Waals surface area contributed by atoms with Gasteiger partial charge in [-0.1, -0.05) is 44.9 Å². The predicted octanol–water partition coefficient (Wildman–Crippen LogP) is 4.39. The van der Waals surface area contributed by atoms with E-state index in [9.17, 15) is 4.39 Å². The fourth-order valence-corrected chi connectivity index (χ4v) is 4.13. The van der Waals surface area contributed by atoms with Crippen molar-refractivity contribution in [3.05, 3.63) is 60.2 Å². The maximum Gasteiger partial charge on any atom is 0.174 e. The topological polar surface area (TPSA) is 92.3 Å². The summed E-state index contributed by atoms with van der Waals surface area (Å²) in [5.74, 6) is 0.633. The van der Waals surface area contributed by atoms with E-state index in [-0.39, 0.29) is 11.9 Å². The number of nitrogens with one attached hydrogen (secondary N) is 3. The fraction of sp³-hybridized carbons (Fsp3) is 0.500. The van der Waals surface area contributed by atoms with E-state index in [4.69, 9.17) is 5.73 Å². The Hall–Kier alpha value is -2.87. The molecular weight excluding hydrogens is 405 g/mol. The summed E-state index contributed by atoms with van der Waals surface area (Å²) < 4.78 is 16.3. The maximum absolute atomic E-state index is 14.1. The first-order valence-electron chi connectivity index (χ1n) is 11.6. The second-order valence-electron chi connectivity index (χ2n) is 8.43. The molecule has 1 heterocycles. The molecule has 0 bridgehead atoms. The van der Waals surface area contributed by atoms with Crippen LogP contribution in [0.25, 0.3) is 0 Å². The standard InChI is InChI=1S/C24H36FN7/c1-4-9-19(26)14-15-27-18(3)29-24(31-30-22-13-8-7-12-21(22)25)23-17(2)32(16-28-23)20-10-5-6-11-20/h7-8,12-13,16,19-20,27,30H,3-6,9-11,14-15,26H2,1-2H3,(H,29,31). The van der Waals surface area contributed by atoms with Crippen molar-refractivity contribution in [2.24, 2.45) is 10.7 Å². The molecule has 1 aliphatic rings. The van der Waals surface area contributed by atoms with E-state index in [1.54, 1.807) is 18.2 Å². The smallest absolute Gasteiger partial charge is 0.174 e. The number of halogens is 1. The highest BCUT2D eigenvalue weighted by Gasteiger charge is 2.22. The zero-order valence-electron chi connectivity index (χ0n) is 19.2. The Bertz CT molecular complexity index is 915. The fourth-order valence-electron chi connectivity index (χ4n) is 4.13. The molecule has 7 nitrogen and oxygen atoms in total. The van der Waals surface area contributed by atoms with E-state index in [0.717, 1.165) is 37.8 Å². The third kappa shape index (κ3) is 6.32. The van der Waals surface area contributed by atoms with E-state index in [0.29, 0.717) is 35.6 Å². The van der Waals surface area contributed by atoms with Gasteiger partial charge in [-0.3, -0.25) is 10.9 Å². The molecule has 1 atom stereocenters. The highest BCUT2D eigenvalue weighted by Crippen LogP contribution is 2.31. The lowest BCUT2D eigenvalue weighted by Gasteiger charge is -2.16. The highest BCUT2D eigenvalue weighted by atomic mass is 19.1. The summed E-state index contributed by atoms with van der Waals surface area (Å²) in [6, 6.07) is 7.11. The van der Waals surface area contributed by atoms with Crippen molar-refractivity contribution in [3.63, 3.8) is 0 Å². The number of benzene rings is 1. The zero-order valence-corrected chi connectivity index (χ0v) is 19.2. The van der Waals surface area contributed by atoms with Crippen LogP contribution in [-0.2, 0) is 0 Å². The number of nitrogens with zero attached hydrogens (tertiary/aromatic N) is 3. The predicted molar refractivity (Wildman–Crippen MR) is 129 cm³/mol. The van der Waals surface area contributed by atoms with Crippen molar-refractivity contribution in [1.29, 1.82) is 0 Å². The summed E-state index contributed by atoms with van der Waals surface area (Å²) in [5, 5.41) is 3.22. The molecule has 1 unspecified atom stereocenters. The molecule has 2 aromatic rings. The molecule has 1 saturated carbocycles. The molecule has 5 N–H and O–H groups in total. The van der Waals surface area contributed by atoms with Crippen LogP contribution >= 0.6 is 0 Å². The Morgan fingerprint density at radius 3 is 2.78 bits per heavy atom. The van der Waals surface area contributed by atoms with Gasteiger partial charge in [0.1, 0.15) is 17.3 Å². The first-order chi connectivity index (χ1) is 15.5. The van der Waals surface area contributed by atoms with Gasteiger partial charge in [0.05, 0.1) is 12.0 Å². The van der Waals surface area contributed by atoms with Gasteiger partial charge >= 0.3 is 0 Å². The first kappa shape index (κ1) is 23.8. The van der Waals surface area contributed by atoms with E-state index in [2.05, 4.69) is 44.2 Å². The number of anilines is 1. The Labute approximate surface area is 190 Å². The number of imidazole rings is 1. The van der Waals surface area contributed by atoms with Crippen LogP contribution in [0.1, 0.15) is 69.3 Å².